The van der Waals surface area contributed by atoms with Crippen molar-refractivity contribution in [1.82, 2.24) is 15.0 Å². The van der Waals surface area contributed by atoms with Crippen molar-refractivity contribution in [3.63, 3.8) is 0 Å². The summed E-state index contributed by atoms with van der Waals surface area (Å²) in [6, 6.07) is 23.0. The summed E-state index contributed by atoms with van der Waals surface area (Å²) < 4.78 is 29.4. The Hall–Kier alpha value is -3.55. The lowest BCUT2D eigenvalue weighted by Gasteiger charge is -2.20. The number of sulfonamides is 1. The molecule has 1 heterocycles. The van der Waals surface area contributed by atoms with Crippen molar-refractivity contribution < 1.29 is 13.2 Å². The van der Waals surface area contributed by atoms with Crippen LogP contribution in [0.15, 0.2) is 90.0 Å². The second-order valence-corrected chi connectivity index (χ2v) is 10.0. The van der Waals surface area contributed by atoms with Gasteiger partial charge in [-0.15, -0.1) is 0 Å². The lowest BCUT2D eigenvalue weighted by Crippen LogP contribution is -2.47. The van der Waals surface area contributed by atoms with Crippen LogP contribution in [0.2, 0.25) is 0 Å². The minimum absolute atomic E-state index is 0.0472. The third kappa shape index (κ3) is 5.50. The van der Waals surface area contributed by atoms with Crippen LogP contribution in [-0.2, 0) is 27.8 Å². The molecule has 34 heavy (non-hydrogen) atoms. The summed E-state index contributed by atoms with van der Waals surface area (Å²) in [6.07, 6.45) is 1.77. The fraction of sp³-hybridized carbons (Fsp3) is 0.185. The zero-order chi connectivity index (χ0) is 24.1. The number of nitrogens with zero attached hydrogens (tertiary/aromatic N) is 1. The van der Waals surface area contributed by atoms with E-state index in [0.717, 1.165) is 22.3 Å². The van der Waals surface area contributed by atoms with Gasteiger partial charge in [-0.1, -0.05) is 72.3 Å². The molecular formula is C27H27N3O3S. The third-order valence-electron chi connectivity index (χ3n) is 5.74. The zero-order valence-corrected chi connectivity index (χ0v) is 20.0. The predicted octanol–water partition coefficient (Wildman–Crippen LogP) is 4.06. The van der Waals surface area contributed by atoms with E-state index < -0.39 is 16.1 Å². The van der Waals surface area contributed by atoms with Crippen LogP contribution in [0.25, 0.3) is 10.9 Å². The quantitative estimate of drug-likeness (QED) is 0.404. The fourth-order valence-electron chi connectivity index (χ4n) is 3.88. The standard InChI is InChI=1S/C27H27N3O3S/c1-19-13-14-20(2)23(16-19)18-29-27(31)24(17-21-8-4-3-5-9-21)30-34(32,33)25-12-6-10-22-11-7-15-28-26(22)25/h3-16,24,30H,17-18H2,1-2H3,(H,29,31). The van der Waals surface area contributed by atoms with E-state index in [9.17, 15) is 13.2 Å². The van der Waals surface area contributed by atoms with E-state index in [1.165, 1.54) is 6.07 Å². The Labute approximate surface area is 200 Å². The number of pyridine rings is 1. The number of aromatic nitrogens is 1. The third-order valence-corrected chi connectivity index (χ3v) is 7.24. The maximum Gasteiger partial charge on any atom is 0.243 e. The van der Waals surface area contributed by atoms with Crippen LogP contribution in [0, 0.1) is 13.8 Å². The van der Waals surface area contributed by atoms with Crippen molar-refractivity contribution in [2.45, 2.75) is 37.8 Å². The monoisotopic (exact) mass is 473 g/mol. The van der Waals surface area contributed by atoms with Gasteiger partial charge >= 0.3 is 0 Å². The number of hydrogen-bond acceptors (Lipinski definition) is 4. The SMILES string of the molecule is Cc1ccc(C)c(CNC(=O)C(Cc2ccccc2)NS(=O)(=O)c2cccc3cccnc23)c1. The predicted molar refractivity (Wildman–Crippen MR) is 134 cm³/mol. The first-order chi connectivity index (χ1) is 16.3. The molecular weight excluding hydrogens is 446 g/mol. The van der Waals surface area contributed by atoms with Gasteiger partial charge in [-0.3, -0.25) is 9.78 Å². The number of aryl methyl sites for hydroxylation is 2. The number of hydrogen-bond donors (Lipinski definition) is 2. The second kappa shape index (κ2) is 10.2. The molecule has 6 nitrogen and oxygen atoms in total. The second-order valence-electron chi connectivity index (χ2n) is 8.34. The van der Waals surface area contributed by atoms with Crippen molar-refractivity contribution in [3.05, 3.63) is 107 Å². The summed E-state index contributed by atoms with van der Waals surface area (Å²) >= 11 is 0. The lowest BCUT2D eigenvalue weighted by atomic mass is 10.0. The first kappa shape index (κ1) is 23.6. The number of fused-ring (bicyclic) bond motifs is 1. The summed E-state index contributed by atoms with van der Waals surface area (Å²) in [5.74, 6) is -0.387. The minimum Gasteiger partial charge on any atom is -0.351 e. The number of carbonyl (C=O) groups is 1. The van der Waals surface area contributed by atoms with Gasteiger partial charge in [-0.05, 0) is 49.1 Å². The van der Waals surface area contributed by atoms with E-state index in [-0.39, 0.29) is 17.2 Å². The van der Waals surface area contributed by atoms with E-state index >= 15 is 0 Å². The zero-order valence-electron chi connectivity index (χ0n) is 19.2. The summed E-state index contributed by atoms with van der Waals surface area (Å²) in [4.78, 5) is 17.5. The molecule has 0 saturated carbocycles. The first-order valence-electron chi connectivity index (χ1n) is 11.1. The smallest absolute Gasteiger partial charge is 0.243 e. The first-order valence-corrected chi connectivity index (χ1v) is 12.6. The number of rotatable bonds is 8. The summed E-state index contributed by atoms with van der Waals surface area (Å²) in [5.41, 5.74) is 4.38. The summed E-state index contributed by atoms with van der Waals surface area (Å²) in [7, 11) is -4.02. The normalized spacial score (nSPS) is 12.4. The Kier molecular flexibility index (Phi) is 7.05. The minimum atomic E-state index is -4.02. The van der Waals surface area contributed by atoms with Crippen molar-refractivity contribution in [3.8, 4) is 0 Å². The molecule has 0 aliphatic carbocycles. The highest BCUT2D eigenvalue weighted by Crippen LogP contribution is 2.21. The number of amides is 1. The molecule has 0 fully saturated rings. The Morgan fingerprint density at radius 1 is 0.941 bits per heavy atom. The molecule has 1 unspecified atom stereocenters. The fourth-order valence-corrected chi connectivity index (χ4v) is 5.25. The molecule has 0 bridgehead atoms. The largest absolute Gasteiger partial charge is 0.351 e. The molecule has 0 spiro atoms. The highest BCUT2D eigenvalue weighted by Gasteiger charge is 2.27. The van der Waals surface area contributed by atoms with Gasteiger partial charge in [-0.2, -0.15) is 4.72 Å². The van der Waals surface area contributed by atoms with E-state index in [4.69, 9.17) is 0 Å². The number of para-hydroxylation sites is 1. The molecule has 4 aromatic rings. The lowest BCUT2D eigenvalue weighted by molar-refractivity contribution is -0.122. The van der Waals surface area contributed by atoms with Gasteiger partial charge in [0.25, 0.3) is 0 Å². The molecule has 7 heteroatoms. The molecule has 0 saturated heterocycles. The van der Waals surface area contributed by atoms with Gasteiger partial charge < -0.3 is 5.32 Å². The summed E-state index contributed by atoms with van der Waals surface area (Å²) in [6.45, 7) is 4.29. The van der Waals surface area contributed by atoms with Crippen molar-refractivity contribution in [1.29, 1.82) is 0 Å². The highest BCUT2D eigenvalue weighted by molar-refractivity contribution is 7.89. The molecule has 0 aliphatic rings. The van der Waals surface area contributed by atoms with Crippen LogP contribution in [0.3, 0.4) is 0 Å². The van der Waals surface area contributed by atoms with Crippen LogP contribution in [-0.4, -0.2) is 25.4 Å². The topological polar surface area (TPSA) is 88.2 Å². The van der Waals surface area contributed by atoms with Gasteiger partial charge in [0.2, 0.25) is 15.9 Å². The van der Waals surface area contributed by atoms with Gasteiger partial charge in [0.1, 0.15) is 10.9 Å². The highest BCUT2D eigenvalue weighted by atomic mass is 32.2. The number of carbonyl (C=O) groups excluding carboxylic acids is 1. The van der Waals surface area contributed by atoms with Gasteiger partial charge in [-0.25, -0.2) is 8.42 Å². The van der Waals surface area contributed by atoms with Crippen molar-refractivity contribution in [2.75, 3.05) is 0 Å². The maximum absolute atomic E-state index is 13.4. The average molecular weight is 474 g/mol. The molecule has 4 rings (SSSR count). The molecule has 0 aliphatic heterocycles. The molecule has 3 aromatic carbocycles. The Morgan fingerprint density at radius 3 is 2.50 bits per heavy atom. The number of benzene rings is 3. The van der Waals surface area contributed by atoms with Crippen molar-refractivity contribution in [2.24, 2.45) is 0 Å². The van der Waals surface area contributed by atoms with E-state index in [0.29, 0.717) is 17.4 Å². The van der Waals surface area contributed by atoms with Crippen LogP contribution >= 0.6 is 0 Å². The molecule has 2 N–H and O–H groups in total. The Morgan fingerprint density at radius 2 is 1.71 bits per heavy atom. The Balaban J connectivity index is 1.61. The number of nitrogens with one attached hydrogen (secondary N) is 2. The Bertz CT molecular complexity index is 1410. The molecule has 1 atom stereocenters. The van der Waals surface area contributed by atoms with Crippen LogP contribution in [0.5, 0.6) is 0 Å². The van der Waals surface area contributed by atoms with E-state index in [1.807, 2.05) is 62.4 Å². The van der Waals surface area contributed by atoms with Crippen LogP contribution < -0.4 is 10.0 Å². The maximum atomic E-state index is 13.4. The molecule has 1 aromatic heterocycles. The molecule has 1 amide bonds. The van der Waals surface area contributed by atoms with Gasteiger partial charge in [0, 0.05) is 18.1 Å². The average Bonchev–Trinajstić information content (AvgIpc) is 2.84. The van der Waals surface area contributed by atoms with Crippen molar-refractivity contribution >= 4 is 26.8 Å². The van der Waals surface area contributed by atoms with Gasteiger partial charge in [0.05, 0.1) is 5.52 Å². The molecule has 0 radical (unpaired) electrons. The molecule has 174 valence electrons. The van der Waals surface area contributed by atoms with Gasteiger partial charge in [0.15, 0.2) is 0 Å². The van der Waals surface area contributed by atoms with E-state index in [1.54, 1.807) is 30.5 Å². The van der Waals surface area contributed by atoms with E-state index in [2.05, 4.69) is 15.0 Å². The van der Waals surface area contributed by atoms with Crippen LogP contribution in [0.4, 0.5) is 0 Å². The summed E-state index contributed by atoms with van der Waals surface area (Å²) in [5, 5.41) is 3.63. The van der Waals surface area contributed by atoms with Crippen LogP contribution in [0.1, 0.15) is 22.3 Å².